The van der Waals surface area contributed by atoms with E-state index >= 15 is 0 Å². The lowest BCUT2D eigenvalue weighted by Gasteiger charge is -2.41. The van der Waals surface area contributed by atoms with Gasteiger partial charge in [0.1, 0.15) is 5.41 Å². The van der Waals surface area contributed by atoms with E-state index in [2.05, 4.69) is 4.98 Å². The minimum Gasteiger partial charge on any atom is -0.481 e. The van der Waals surface area contributed by atoms with E-state index in [0.717, 1.165) is 0 Å². The summed E-state index contributed by atoms with van der Waals surface area (Å²) in [6, 6.07) is 0.0119. The number of aromatic nitrogens is 1. The molecular weight excluding hydrogens is 188 g/mol. The van der Waals surface area contributed by atoms with E-state index in [4.69, 9.17) is 10.8 Å². The molecule has 1 aliphatic carbocycles. The van der Waals surface area contributed by atoms with Crippen molar-refractivity contribution in [2.45, 2.75) is 24.3 Å². The van der Waals surface area contributed by atoms with Gasteiger partial charge < -0.3 is 10.8 Å². The van der Waals surface area contributed by atoms with Crippen LogP contribution < -0.4 is 5.73 Å². The number of aliphatic carboxylic acids is 1. The fraction of sp³-hybridized carbons (Fsp3) is 0.500. The number of nitrogens with two attached hydrogens (primary N) is 1. The van der Waals surface area contributed by atoms with Gasteiger partial charge in [0.15, 0.2) is 0 Å². The molecule has 0 aromatic carbocycles. The average Bonchev–Trinajstić information content (AvgIpc) is 2.49. The molecule has 0 unspecified atom stereocenters. The second kappa shape index (κ2) is 2.78. The number of hydrogen-bond donors (Lipinski definition) is 2. The van der Waals surface area contributed by atoms with E-state index in [1.807, 2.05) is 0 Å². The third-order valence-electron chi connectivity index (χ3n) is 2.55. The van der Waals surface area contributed by atoms with Crippen molar-refractivity contribution in [3.8, 4) is 0 Å². The highest BCUT2D eigenvalue weighted by atomic mass is 32.1. The fourth-order valence-electron chi connectivity index (χ4n) is 1.78. The van der Waals surface area contributed by atoms with Crippen LogP contribution >= 0.6 is 11.3 Å². The zero-order valence-electron chi connectivity index (χ0n) is 6.93. The Labute approximate surface area is 79.4 Å². The Balaban J connectivity index is 2.31. The normalized spacial score (nSPS) is 32.5. The Bertz CT molecular complexity index is 317. The molecule has 0 amide bonds. The molecule has 1 aromatic rings. The lowest BCUT2D eigenvalue weighted by molar-refractivity contribution is -0.148. The third-order valence-corrected chi connectivity index (χ3v) is 3.14. The summed E-state index contributed by atoms with van der Waals surface area (Å²) in [6.45, 7) is 0. The van der Waals surface area contributed by atoms with Gasteiger partial charge in [-0.15, -0.1) is 11.3 Å². The van der Waals surface area contributed by atoms with Gasteiger partial charge in [-0.05, 0) is 12.8 Å². The number of carboxylic acids is 1. The summed E-state index contributed by atoms with van der Waals surface area (Å²) in [6.07, 6.45) is 1.01. The van der Waals surface area contributed by atoms with E-state index < -0.39 is 11.4 Å². The Morgan fingerprint density at radius 3 is 2.85 bits per heavy atom. The molecule has 13 heavy (non-hydrogen) atoms. The fourth-order valence-corrected chi connectivity index (χ4v) is 2.43. The number of thiazole rings is 1. The highest BCUT2D eigenvalue weighted by molar-refractivity contribution is 7.07. The van der Waals surface area contributed by atoms with E-state index in [9.17, 15) is 4.79 Å². The molecule has 1 saturated carbocycles. The van der Waals surface area contributed by atoms with Crippen LogP contribution in [-0.4, -0.2) is 22.1 Å². The van der Waals surface area contributed by atoms with Crippen molar-refractivity contribution in [2.24, 2.45) is 5.73 Å². The first-order valence-corrected chi connectivity index (χ1v) is 4.97. The Hall–Kier alpha value is -0.940. The smallest absolute Gasteiger partial charge is 0.315 e. The molecule has 2 rings (SSSR count). The van der Waals surface area contributed by atoms with Gasteiger partial charge in [0, 0.05) is 11.4 Å². The predicted octanol–water partition coefficient (Wildman–Crippen LogP) is 0.587. The highest BCUT2D eigenvalue weighted by Crippen LogP contribution is 2.42. The van der Waals surface area contributed by atoms with Gasteiger partial charge in [-0.25, -0.2) is 4.98 Å². The van der Waals surface area contributed by atoms with Crippen molar-refractivity contribution in [2.75, 3.05) is 0 Å². The summed E-state index contributed by atoms with van der Waals surface area (Å²) in [5.74, 6) is -0.805. The molecule has 3 N–H and O–H groups in total. The Morgan fingerprint density at radius 2 is 2.46 bits per heavy atom. The first-order valence-electron chi connectivity index (χ1n) is 4.03. The molecule has 1 aromatic heterocycles. The van der Waals surface area contributed by atoms with Crippen molar-refractivity contribution in [1.29, 1.82) is 0 Å². The number of carboxylic acid groups (broad SMARTS) is 1. The van der Waals surface area contributed by atoms with Crippen LogP contribution in [0.15, 0.2) is 10.9 Å². The molecule has 1 fully saturated rings. The van der Waals surface area contributed by atoms with Crippen molar-refractivity contribution < 1.29 is 9.90 Å². The van der Waals surface area contributed by atoms with Gasteiger partial charge in [-0.1, -0.05) is 0 Å². The summed E-state index contributed by atoms with van der Waals surface area (Å²) in [5.41, 5.74) is 7.13. The molecule has 70 valence electrons. The van der Waals surface area contributed by atoms with Crippen molar-refractivity contribution in [3.05, 3.63) is 16.6 Å². The minimum atomic E-state index is -0.805. The first-order chi connectivity index (χ1) is 6.15. The second-order valence-electron chi connectivity index (χ2n) is 3.43. The minimum absolute atomic E-state index is 0.0119. The topological polar surface area (TPSA) is 76.2 Å². The molecule has 0 aliphatic heterocycles. The lowest BCUT2D eigenvalue weighted by Crippen LogP contribution is -2.54. The van der Waals surface area contributed by atoms with Crippen LogP contribution in [0.25, 0.3) is 0 Å². The molecule has 0 atom stereocenters. The first kappa shape index (κ1) is 8.65. The van der Waals surface area contributed by atoms with Gasteiger partial charge in [0.2, 0.25) is 0 Å². The maximum Gasteiger partial charge on any atom is 0.315 e. The van der Waals surface area contributed by atoms with Crippen molar-refractivity contribution in [1.82, 2.24) is 4.98 Å². The van der Waals surface area contributed by atoms with Crippen LogP contribution in [0.1, 0.15) is 18.5 Å². The lowest BCUT2D eigenvalue weighted by atomic mass is 9.64. The van der Waals surface area contributed by atoms with E-state index in [-0.39, 0.29) is 6.04 Å². The van der Waals surface area contributed by atoms with Crippen LogP contribution in [0.5, 0.6) is 0 Å². The Kier molecular flexibility index (Phi) is 1.85. The van der Waals surface area contributed by atoms with Crippen LogP contribution in [0.4, 0.5) is 0 Å². The molecule has 1 heterocycles. The molecule has 5 heteroatoms. The third kappa shape index (κ3) is 1.15. The average molecular weight is 198 g/mol. The summed E-state index contributed by atoms with van der Waals surface area (Å²) in [5, 5.41) is 10.9. The summed E-state index contributed by atoms with van der Waals surface area (Å²) in [4.78, 5) is 15.1. The molecule has 0 saturated heterocycles. The van der Waals surface area contributed by atoms with Gasteiger partial charge in [0.05, 0.1) is 11.2 Å². The van der Waals surface area contributed by atoms with Crippen LogP contribution in [0, 0.1) is 0 Å². The number of nitrogens with zero attached hydrogens (tertiary/aromatic N) is 1. The SMILES string of the molecule is NC1CC(C(=O)O)(c2cscn2)C1. The second-order valence-corrected chi connectivity index (χ2v) is 4.15. The quantitative estimate of drug-likeness (QED) is 0.729. The summed E-state index contributed by atoms with van der Waals surface area (Å²) < 4.78 is 0. The van der Waals surface area contributed by atoms with Gasteiger partial charge >= 0.3 is 5.97 Å². The highest BCUT2D eigenvalue weighted by Gasteiger charge is 2.51. The van der Waals surface area contributed by atoms with Crippen molar-refractivity contribution >= 4 is 17.3 Å². The zero-order chi connectivity index (χ0) is 9.47. The van der Waals surface area contributed by atoms with Gasteiger partial charge in [0.25, 0.3) is 0 Å². The van der Waals surface area contributed by atoms with Crippen LogP contribution in [-0.2, 0) is 10.2 Å². The van der Waals surface area contributed by atoms with Gasteiger partial charge in [-0.2, -0.15) is 0 Å². The van der Waals surface area contributed by atoms with Crippen LogP contribution in [0.2, 0.25) is 0 Å². The van der Waals surface area contributed by atoms with E-state index in [0.29, 0.717) is 18.5 Å². The molecule has 1 aliphatic rings. The number of hydrogen-bond acceptors (Lipinski definition) is 4. The maximum absolute atomic E-state index is 11.1. The summed E-state index contributed by atoms with van der Waals surface area (Å²) in [7, 11) is 0. The maximum atomic E-state index is 11.1. The summed E-state index contributed by atoms with van der Waals surface area (Å²) >= 11 is 1.42. The van der Waals surface area contributed by atoms with E-state index in [1.54, 1.807) is 10.9 Å². The zero-order valence-corrected chi connectivity index (χ0v) is 7.75. The van der Waals surface area contributed by atoms with E-state index in [1.165, 1.54) is 11.3 Å². The van der Waals surface area contributed by atoms with Gasteiger partial charge in [-0.3, -0.25) is 4.79 Å². The standard InChI is InChI=1S/C8H10N2O2S/c9-5-1-8(2-5,7(11)12)6-3-13-4-10-6/h3-5H,1-2,9H2,(H,11,12). The molecule has 4 nitrogen and oxygen atoms in total. The molecular formula is C8H10N2O2S. The number of carbonyl (C=O) groups is 1. The number of rotatable bonds is 2. The Morgan fingerprint density at radius 1 is 1.77 bits per heavy atom. The largest absolute Gasteiger partial charge is 0.481 e. The van der Waals surface area contributed by atoms with Crippen molar-refractivity contribution in [3.63, 3.8) is 0 Å². The molecule has 0 radical (unpaired) electrons. The molecule has 0 bridgehead atoms. The predicted molar refractivity (Wildman–Crippen MR) is 48.6 cm³/mol. The monoisotopic (exact) mass is 198 g/mol. The molecule has 0 spiro atoms. The van der Waals surface area contributed by atoms with Crippen LogP contribution in [0.3, 0.4) is 0 Å².